The van der Waals surface area contributed by atoms with E-state index in [2.05, 4.69) is 41.9 Å². The van der Waals surface area contributed by atoms with Crippen LogP contribution in [0, 0.1) is 16.4 Å². The molecule has 1 aromatic rings. The number of nitrogens with two attached hydrogens (primary N) is 1. The number of carbonyl (C=O) groups is 1. The first-order chi connectivity index (χ1) is 12.1. The number of pyridine rings is 1. The molecule has 26 heavy (non-hydrogen) atoms. The number of ether oxygens (including phenoxy) is 1. The van der Waals surface area contributed by atoms with Crippen molar-refractivity contribution in [2.24, 2.45) is 5.92 Å². The van der Waals surface area contributed by atoms with Gasteiger partial charge in [-0.25, -0.2) is 0 Å². The van der Waals surface area contributed by atoms with Crippen molar-refractivity contribution in [3.8, 4) is 0 Å². The maximum atomic E-state index is 12.4. The Labute approximate surface area is 176 Å². The van der Waals surface area contributed by atoms with Gasteiger partial charge in [-0.2, -0.15) is 0 Å². The van der Waals surface area contributed by atoms with Crippen LogP contribution in [-0.4, -0.2) is 40.7 Å². The van der Waals surface area contributed by atoms with Gasteiger partial charge in [0.1, 0.15) is 0 Å². The van der Waals surface area contributed by atoms with E-state index in [1.165, 1.54) is 3.57 Å². The van der Waals surface area contributed by atoms with Crippen LogP contribution in [0.3, 0.4) is 0 Å². The second kappa shape index (κ2) is 9.11. The predicted octanol–water partition coefficient (Wildman–Crippen LogP) is 1.03. The average Bonchev–Trinajstić information content (AvgIpc) is 2.71. The summed E-state index contributed by atoms with van der Waals surface area (Å²) in [4.78, 5) is 18.7. The number of likely N-dealkylation sites (tertiary alicyclic amines) is 1. The first-order valence-corrected chi connectivity index (χ1v) is 16.2. The van der Waals surface area contributed by atoms with Crippen molar-refractivity contribution in [2.45, 2.75) is 59.1 Å². The second-order valence-electron chi connectivity index (χ2n) is 7.83. The van der Waals surface area contributed by atoms with Crippen LogP contribution in [0.25, 0.3) is 0 Å². The molecule has 0 radical (unpaired) electrons. The maximum absolute atomic E-state index is 12.4. The molecule has 3 N–H and O–H groups in total. The fourth-order valence-electron chi connectivity index (χ4n) is 2.96. The first-order valence-electron chi connectivity index (χ1n) is 8.88. The molecule has 1 aliphatic rings. The number of rotatable bonds is 3. The van der Waals surface area contributed by atoms with Crippen molar-refractivity contribution in [3.63, 3.8) is 0 Å². The Balaban J connectivity index is 2.07. The van der Waals surface area contributed by atoms with Crippen molar-refractivity contribution in [3.05, 3.63) is 15.3 Å². The summed E-state index contributed by atoms with van der Waals surface area (Å²) in [7, 11) is 0. The van der Waals surface area contributed by atoms with Gasteiger partial charge in [0.25, 0.3) is 0 Å². The van der Waals surface area contributed by atoms with Crippen LogP contribution >= 0.6 is 18.6 Å². The summed E-state index contributed by atoms with van der Waals surface area (Å²) in [5.74, 6) is 0.987. The van der Waals surface area contributed by atoms with E-state index in [4.69, 9.17) is 10.5 Å². The molecule has 8 heteroatoms. The molecular formula is C18H29I2N4O2-. The van der Waals surface area contributed by atoms with Gasteiger partial charge in [-0.15, -0.1) is 0 Å². The zero-order chi connectivity index (χ0) is 19.5. The van der Waals surface area contributed by atoms with E-state index in [-0.39, 0.29) is 29.4 Å². The number of nitrogen functional groups attached to an aromatic ring is 1. The predicted molar refractivity (Wildman–Crippen MR) is 110 cm³/mol. The Bertz CT molecular complexity index is 649. The number of hydrogen-bond acceptors (Lipinski definition) is 5. The van der Waals surface area contributed by atoms with Crippen molar-refractivity contribution in [2.75, 3.05) is 24.1 Å². The molecule has 0 spiro atoms. The summed E-state index contributed by atoms with van der Waals surface area (Å²) < 4.78 is 6.83. The number of carbonyl (C=O) groups excluding carboxylic acids is 1. The van der Waals surface area contributed by atoms with Gasteiger partial charge in [-0.1, -0.05) is 0 Å². The van der Waals surface area contributed by atoms with Gasteiger partial charge in [-0.3, -0.25) is 0 Å². The van der Waals surface area contributed by atoms with Gasteiger partial charge in [0.15, 0.2) is 0 Å². The third kappa shape index (κ3) is 6.00. The molecule has 2 rings (SSSR count). The van der Waals surface area contributed by atoms with Gasteiger partial charge < -0.3 is 0 Å². The quantitative estimate of drug-likeness (QED) is 0.517. The zero-order valence-electron chi connectivity index (χ0n) is 16.1. The summed E-state index contributed by atoms with van der Waals surface area (Å²) in [5, 5.41) is 3.60. The molecule has 1 aromatic heterocycles. The number of amides is 1. The fourth-order valence-corrected chi connectivity index (χ4v) is 6.58. The molecule has 1 fully saturated rings. The third-order valence-electron chi connectivity index (χ3n) is 4.50. The summed E-state index contributed by atoms with van der Waals surface area (Å²) in [6.07, 6.45) is 1.57. The van der Waals surface area contributed by atoms with E-state index in [9.17, 15) is 4.79 Å². The third-order valence-corrected chi connectivity index (χ3v) is 8.98. The Hall–Kier alpha value is -0.520. The molecule has 1 aliphatic heterocycles. The van der Waals surface area contributed by atoms with E-state index < -0.39 is 5.60 Å². The Morgan fingerprint density at radius 1 is 1.42 bits per heavy atom. The van der Waals surface area contributed by atoms with Crippen LogP contribution < -0.4 is 28.3 Å². The van der Waals surface area contributed by atoms with Crippen molar-refractivity contribution in [1.29, 1.82) is 0 Å². The van der Waals surface area contributed by atoms with Gasteiger partial charge in [0.05, 0.1) is 0 Å². The van der Waals surface area contributed by atoms with Gasteiger partial charge in [-0.05, 0) is 0 Å². The number of hydrogen-bond donors (Lipinski definition) is 2. The molecule has 1 saturated heterocycles. The van der Waals surface area contributed by atoms with Crippen LogP contribution in [0.5, 0.6) is 0 Å². The number of aromatic nitrogens is 1. The van der Waals surface area contributed by atoms with Crippen LogP contribution in [-0.2, 0) is 4.74 Å². The summed E-state index contributed by atoms with van der Waals surface area (Å²) >= 11 is 2.38. The number of nitrogens with zero attached hydrogens (tertiary/aromatic N) is 2. The summed E-state index contributed by atoms with van der Waals surface area (Å²) in [6.45, 7) is 11.3. The van der Waals surface area contributed by atoms with E-state index in [1.807, 2.05) is 32.6 Å². The molecule has 0 saturated carbocycles. The minimum absolute atomic E-state index is 0.0709. The monoisotopic (exact) mass is 587 g/mol. The van der Waals surface area contributed by atoms with Gasteiger partial charge >= 0.3 is 177 Å². The van der Waals surface area contributed by atoms with E-state index in [0.29, 0.717) is 18.3 Å². The van der Waals surface area contributed by atoms with E-state index >= 15 is 0 Å². The van der Waals surface area contributed by atoms with Crippen LogP contribution in [0.2, 0.25) is 0 Å². The number of aryl methyl sites for hydroxylation is 1. The zero-order valence-corrected chi connectivity index (χ0v) is 20.4. The number of anilines is 2. The molecule has 1 amide bonds. The van der Waals surface area contributed by atoms with Crippen molar-refractivity contribution >= 4 is 36.2 Å². The standard InChI is InChI=1S/C18H29I2N4O2/c1-11-6-8-24(17(25)26-18(3,4)5)9-7-14(11)23-15-10-13(20-19)12(2)22-16(15)21/h10-11,14,23H,6-9H2,1-5H3,(H2,21,22)/q-1. The van der Waals surface area contributed by atoms with Crippen molar-refractivity contribution < 1.29 is 26.8 Å². The van der Waals surface area contributed by atoms with E-state index in [0.717, 1.165) is 30.8 Å². The Morgan fingerprint density at radius 3 is 2.69 bits per heavy atom. The fraction of sp³-hybridized carbons (Fsp3) is 0.667. The molecular weight excluding hydrogens is 558 g/mol. The molecule has 2 atom stereocenters. The summed E-state index contributed by atoms with van der Waals surface area (Å²) in [6, 6.07) is 2.41. The second-order valence-corrected chi connectivity index (χ2v) is 12.1. The molecule has 148 valence electrons. The van der Waals surface area contributed by atoms with Crippen LogP contribution in [0.1, 0.15) is 46.2 Å². The Morgan fingerprint density at radius 2 is 2.08 bits per heavy atom. The normalized spacial score (nSPS) is 21.4. The minimum atomic E-state index is -0.465. The Kier molecular flexibility index (Phi) is 7.63. The average molecular weight is 587 g/mol. The van der Waals surface area contributed by atoms with Gasteiger partial charge in [0.2, 0.25) is 0 Å². The topological polar surface area (TPSA) is 80.5 Å². The molecule has 2 heterocycles. The summed E-state index contributed by atoms with van der Waals surface area (Å²) in [5.41, 5.74) is 7.63. The first kappa shape index (κ1) is 21.8. The molecule has 0 aliphatic carbocycles. The van der Waals surface area contributed by atoms with Crippen LogP contribution in [0.15, 0.2) is 6.07 Å². The molecule has 0 aromatic carbocycles. The number of halogens is 2. The molecule has 6 nitrogen and oxygen atoms in total. The molecule has 0 bridgehead atoms. The number of nitrogens with one attached hydrogen (secondary N) is 1. The molecule has 2 unspecified atom stereocenters. The van der Waals surface area contributed by atoms with E-state index in [1.54, 1.807) is 0 Å². The van der Waals surface area contributed by atoms with Crippen LogP contribution in [0.4, 0.5) is 16.3 Å². The SMILES string of the molecule is Cc1nc(N)c(NC2CCN(C(=O)OC(C)(C)C)CCC2C)cc1[I-]I. The van der Waals surface area contributed by atoms with Gasteiger partial charge in [0, 0.05) is 0 Å². The van der Waals surface area contributed by atoms with Crippen molar-refractivity contribution in [1.82, 2.24) is 9.88 Å².